The molecule has 0 amide bonds. The van der Waals surface area contributed by atoms with E-state index in [-0.39, 0.29) is 5.92 Å². The van der Waals surface area contributed by atoms with Crippen LogP contribution >= 0.6 is 0 Å². The van der Waals surface area contributed by atoms with Gasteiger partial charge in [-0.15, -0.1) is 0 Å². The molecule has 0 N–H and O–H groups in total. The van der Waals surface area contributed by atoms with Crippen molar-refractivity contribution >= 4 is 5.57 Å². The van der Waals surface area contributed by atoms with Crippen LogP contribution in [0.25, 0.3) is 61.2 Å². The van der Waals surface area contributed by atoms with Gasteiger partial charge in [-0.05, 0) is 96.5 Å². The normalized spacial score (nSPS) is 15.2. The van der Waals surface area contributed by atoms with Gasteiger partial charge in [-0.3, -0.25) is 0 Å². The molecule has 0 radical (unpaired) electrons. The second-order valence-corrected chi connectivity index (χ2v) is 13.4. The first kappa shape index (κ1) is 31.8. The van der Waals surface area contributed by atoms with Gasteiger partial charge < -0.3 is 0 Å². The minimum Gasteiger partial charge on any atom is -0.192 e. The van der Waals surface area contributed by atoms with Crippen LogP contribution in [0.1, 0.15) is 29.5 Å². The van der Waals surface area contributed by atoms with Gasteiger partial charge in [0.1, 0.15) is 0 Å². The van der Waals surface area contributed by atoms with Crippen molar-refractivity contribution in [1.29, 1.82) is 5.26 Å². The number of nitriles is 1. The Balaban J connectivity index is 1.04. The number of rotatable bonds is 7. The van der Waals surface area contributed by atoms with Gasteiger partial charge in [-0.2, -0.15) is 5.26 Å². The first-order valence-electron chi connectivity index (χ1n) is 17.6. The number of benzene rings is 7. The summed E-state index contributed by atoms with van der Waals surface area (Å²) < 4.78 is 0. The van der Waals surface area contributed by atoms with E-state index in [0.717, 1.165) is 22.3 Å². The fourth-order valence-corrected chi connectivity index (χ4v) is 7.15. The van der Waals surface area contributed by atoms with Crippen molar-refractivity contribution in [3.63, 3.8) is 0 Å². The summed E-state index contributed by atoms with van der Waals surface area (Å²) in [5.41, 5.74) is 16.0. The Morgan fingerprint density at radius 1 is 0.412 bits per heavy atom. The van der Waals surface area contributed by atoms with Gasteiger partial charge in [-0.1, -0.05) is 183 Å². The molecule has 1 aliphatic rings. The van der Waals surface area contributed by atoms with Crippen LogP contribution < -0.4 is 0 Å². The van der Waals surface area contributed by atoms with Gasteiger partial charge in [-0.25, -0.2) is 0 Å². The lowest BCUT2D eigenvalue weighted by atomic mass is 9.79. The summed E-state index contributed by atoms with van der Waals surface area (Å²) in [5.74, 6) is 0.470. The standard InChI is InChI=1S/C50H37N/c1-35-15-16-47(43-23-19-40(20-24-43)38-11-6-3-7-12-38)33-50(35)49-30-36(34-51)29-48(32-49)44-27-25-42(26-28-44)46-14-8-13-45(31-46)41-21-17-39(18-22-41)37-9-4-2-5-10-37/h2-33,35,50H,1H3. The molecule has 7 aromatic rings. The number of nitrogens with zero attached hydrogens (tertiary/aromatic N) is 1. The zero-order chi connectivity index (χ0) is 34.6. The molecule has 0 spiro atoms. The van der Waals surface area contributed by atoms with Crippen molar-refractivity contribution in [3.8, 4) is 61.7 Å². The summed E-state index contributed by atoms with van der Waals surface area (Å²) in [7, 11) is 0. The maximum Gasteiger partial charge on any atom is 0.0991 e. The number of allylic oxidation sites excluding steroid dienone is 4. The average Bonchev–Trinajstić information content (AvgIpc) is 3.22. The quantitative estimate of drug-likeness (QED) is 0.168. The molecule has 0 saturated heterocycles. The first-order valence-corrected chi connectivity index (χ1v) is 17.6. The number of hydrogen-bond acceptors (Lipinski definition) is 1. The van der Waals surface area contributed by atoms with E-state index in [0.29, 0.717) is 11.5 Å². The predicted octanol–water partition coefficient (Wildman–Crippen LogP) is 13.3. The second kappa shape index (κ2) is 14.2. The van der Waals surface area contributed by atoms with Gasteiger partial charge in [0, 0.05) is 5.92 Å². The summed E-state index contributed by atoms with van der Waals surface area (Å²) >= 11 is 0. The molecule has 2 unspecified atom stereocenters. The first-order chi connectivity index (χ1) is 25.1. The molecule has 1 aliphatic carbocycles. The molecule has 51 heavy (non-hydrogen) atoms. The topological polar surface area (TPSA) is 23.8 Å². The molecule has 0 heterocycles. The molecule has 1 heteroatoms. The molecule has 1 nitrogen and oxygen atoms in total. The van der Waals surface area contributed by atoms with Crippen LogP contribution in [0.2, 0.25) is 0 Å². The van der Waals surface area contributed by atoms with E-state index in [9.17, 15) is 5.26 Å². The van der Waals surface area contributed by atoms with E-state index < -0.39 is 0 Å². The maximum atomic E-state index is 10.1. The van der Waals surface area contributed by atoms with Crippen molar-refractivity contribution in [2.75, 3.05) is 0 Å². The third-order valence-electron chi connectivity index (χ3n) is 10.0. The number of hydrogen-bond donors (Lipinski definition) is 0. The third-order valence-corrected chi connectivity index (χ3v) is 10.0. The summed E-state index contributed by atoms with van der Waals surface area (Å²) in [6.45, 7) is 2.26. The van der Waals surface area contributed by atoms with E-state index in [4.69, 9.17) is 0 Å². The Morgan fingerprint density at radius 2 is 0.843 bits per heavy atom. The minimum atomic E-state index is 0.162. The highest BCUT2D eigenvalue weighted by atomic mass is 14.3. The van der Waals surface area contributed by atoms with E-state index in [1.807, 2.05) is 18.2 Å². The third kappa shape index (κ3) is 6.86. The van der Waals surface area contributed by atoms with Crippen molar-refractivity contribution in [3.05, 3.63) is 211 Å². The summed E-state index contributed by atoms with van der Waals surface area (Å²) in [6.07, 6.45) is 6.90. The molecular weight excluding hydrogens is 615 g/mol. The fraction of sp³-hybridized carbons (Fsp3) is 0.0600. The van der Waals surface area contributed by atoms with Crippen LogP contribution in [-0.4, -0.2) is 0 Å². The average molecular weight is 652 g/mol. The predicted molar refractivity (Wildman–Crippen MR) is 214 cm³/mol. The van der Waals surface area contributed by atoms with Gasteiger partial charge in [0.25, 0.3) is 0 Å². The molecule has 0 fully saturated rings. The molecule has 0 saturated carbocycles. The molecule has 2 atom stereocenters. The van der Waals surface area contributed by atoms with E-state index >= 15 is 0 Å². The van der Waals surface area contributed by atoms with Crippen molar-refractivity contribution < 1.29 is 0 Å². The van der Waals surface area contributed by atoms with Gasteiger partial charge in [0.05, 0.1) is 11.6 Å². The van der Waals surface area contributed by atoms with E-state index in [1.54, 1.807) is 0 Å². The fourth-order valence-electron chi connectivity index (χ4n) is 7.15. The van der Waals surface area contributed by atoms with Gasteiger partial charge in [0.2, 0.25) is 0 Å². The Hall–Kier alpha value is -6.49. The van der Waals surface area contributed by atoms with Crippen molar-refractivity contribution in [2.45, 2.75) is 12.8 Å². The van der Waals surface area contributed by atoms with Gasteiger partial charge >= 0.3 is 0 Å². The molecular formula is C50H37N. The zero-order valence-electron chi connectivity index (χ0n) is 28.6. The molecule has 8 rings (SSSR count). The Kier molecular flexibility index (Phi) is 8.82. The lowest BCUT2D eigenvalue weighted by molar-refractivity contribution is 0.637. The van der Waals surface area contributed by atoms with Crippen molar-refractivity contribution in [1.82, 2.24) is 0 Å². The Morgan fingerprint density at radius 3 is 1.35 bits per heavy atom. The molecule has 0 aliphatic heterocycles. The second-order valence-electron chi connectivity index (χ2n) is 13.4. The molecule has 0 aromatic heterocycles. The smallest absolute Gasteiger partial charge is 0.0991 e. The summed E-state index contributed by atoms with van der Waals surface area (Å²) in [6, 6.07) is 64.8. The van der Waals surface area contributed by atoms with Crippen LogP contribution in [0, 0.1) is 17.2 Å². The lowest BCUT2D eigenvalue weighted by Crippen LogP contribution is -2.09. The van der Waals surface area contributed by atoms with Crippen LogP contribution in [0.5, 0.6) is 0 Å². The largest absolute Gasteiger partial charge is 0.192 e. The maximum absolute atomic E-state index is 10.1. The highest BCUT2D eigenvalue weighted by molar-refractivity contribution is 5.79. The van der Waals surface area contributed by atoms with E-state index in [2.05, 4.69) is 189 Å². The molecule has 0 bridgehead atoms. The van der Waals surface area contributed by atoms with Crippen LogP contribution in [-0.2, 0) is 0 Å². The monoisotopic (exact) mass is 651 g/mol. The van der Waals surface area contributed by atoms with Crippen LogP contribution in [0.4, 0.5) is 0 Å². The summed E-state index contributed by atoms with van der Waals surface area (Å²) in [5, 5.41) is 10.1. The van der Waals surface area contributed by atoms with Crippen LogP contribution in [0.3, 0.4) is 0 Å². The van der Waals surface area contributed by atoms with E-state index in [1.165, 1.54) is 50.1 Å². The Bertz CT molecular complexity index is 2390. The minimum absolute atomic E-state index is 0.162. The zero-order valence-corrected chi connectivity index (χ0v) is 28.6. The highest BCUT2D eigenvalue weighted by Gasteiger charge is 2.21. The highest BCUT2D eigenvalue weighted by Crippen LogP contribution is 2.38. The van der Waals surface area contributed by atoms with Crippen LogP contribution in [0.15, 0.2) is 194 Å². The summed E-state index contributed by atoms with van der Waals surface area (Å²) in [4.78, 5) is 0. The SMILES string of the molecule is CC1C=CC(c2ccc(-c3ccccc3)cc2)=CC1c1cc(C#N)cc(-c2ccc(-c3cccc(-c4ccc(-c5ccccc5)cc4)c3)cc2)c1. The van der Waals surface area contributed by atoms with Gasteiger partial charge in [0.15, 0.2) is 0 Å². The van der Waals surface area contributed by atoms with Crippen molar-refractivity contribution in [2.24, 2.45) is 5.92 Å². The lowest BCUT2D eigenvalue weighted by Gasteiger charge is -2.25. The molecule has 7 aromatic carbocycles. The molecule has 242 valence electrons. The Labute approximate surface area is 301 Å².